The zero-order valence-electron chi connectivity index (χ0n) is 14.7. The van der Waals surface area contributed by atoms with Crippen LogP contribution in [0.1, 0.15) is 26.3 Å². The van der Waals surface area contributed by atoms with Crippen LogP contribution in [0.15, 0.2) is 60.7 Å². The highest BCUT2D eigenvalue weighted by molar-refractivity contribution is 6.44. The maximum Gasteiger partial charge on any atom is 0.475 e. The van der Waals surface area contributed by atoms with Crippen LogP contribution in [0.5, 0.6) is 5.75 Å². The summed E-state index contributed by atoms with van der Waals surface area (Å²) in [6, 6.07) is 16.6. The summed E-state index contributed by atoms with van der Waals surface area (Å²) in [5.41, 5.74) is 0.243. The van der Waals surface area contributed by atoms with E-state index in [1.54, 1.807) is 24.3 Å². The Morgan fingerprint density at radius 3 is 2.29 bits per heavy atom. The second-order valence-corrected chi connectivity index (χ2v) is 6.34. The van der Waals surface area contributed by atoms with Gasteiger partial charge in [-0.3, -0.25) is 4.79 Å². The SMILES string of the molecule is O=C(O)c1cccc(CC(NC(=O)c2cccc3ccccc23)B(O)O)c1O. The van der Waals surface area contributed by atoms with E-state index in [-0.39, 0.29) is 17.5 Å². The summed E-state index contributed by atoms with van der Waals surface area (Å²) in [5, 5.41) is 42.7. The monoisotopic (exact) mass is 379 g/mol. The highest BCUT2D eigenvalue weighted by Crippen LogP contribution is 2.24. The van der Waals surface area contributed by atoms with E-state index < -0.39 is 30.7 Å². The lowest BCUT2D eigenvalue weighted by molar-refractivity contribution is 0.0693. The smallest absolute Gasteiger partial charge is 0.475 e. The molecule has 8 heteroatoms. The third kappa shape index (κ3) is 3.98. The lowest BCUT2D eigenvalue weighted by Gasteiger charge is -2.19. The number of fused-ring (bicyclic) bond motifs is 1. The van der Waals surface area contributed by atoms with Crippen molar-refractivity contribution < 1.29 is 29.9 Å². The summed E-state index contributed by atoms with van der Waals surface area (Å²) in [4.78, 5) is 23.9. The fourth-order valence-electron chi connectivity index (χ4n) is 3.07. The minimum absolute atomic E-state index is 0.166. The standard InChI is InChI=1S/C20H18BNO6/c23-18-13(7-4-10-16(18)20(25)26)11-17(21(27)28)22-19(24)15-9-3-6-12-5-1-2-8-14(12)15/h1-10,17,23,27-28H,11H2,(H,22,24)(H,25,26). The maximum absolute atomic E-state index is 12.7. The van der Waals surface area contributed by atoms with Crippen LogP contribution >= 0.6 is 0 Å². The van der Waals surface area contributed by atoms with E-state index in [0.29, 0.717) is 10.9 Å². The van der Waals surface area contributed by atoms with Crippen molar-refractivity contribution in [3.8, 4) is 5.75 Å². The Hall–Kier alpha value is -3.36. The topological polar surface area (TPSA) is 127 Å². The zero-order chi connectivity index (χ0) is 20.3. The molecule has 3 aromatic rings. The Morgan fingerprint density at radius 2 is 1.57 bits per heavy atom. The Morgan fingerprint density at radius 1 is 0.929 bits per heavy atom. The minimum Gasteiger partial charge on any atom is -0.507 e. The van der Waals surface area contributed by atoms with Crippen LogP contribution in [0.4, 0.5) is 0 Å². The Bertz CT molecular complexity index is 1030. The molecule has 0 aliphatic rings. The van der Waals surface area contributed by atoms with Crippen molar-refractivity contribution in [3.63, 3.8) is 0 Å². The first-order valence-corrected chi connectivity index (χ1v) is 8.57. The number of para-hydroxylation sites is 1. The summed E-state index contributed by atoms with van der Waals surface area (Å²) in [6.45, 7) is 0. The Balaban J connectivity index is 1.87. The van der Waals surface area contributed by atoms with E-state index in [2.05, 4.69) is 5.32 Å². The lowest BCUT2D eigenvalue weighted by atomic mass is 9.75. The molecular formula is C20H18BNO6. The van der Waals surface area contributed by atoms with Gasteiger partial charge in [0.05, 0.1) is 5.94 Å². The molecule has 142 valence electrons. The van der Waals surface area contributed by atoms with Crippen LogP contribution in [0.25, 0.3) is 10.8 Å². The average Bonchev–Trinajstić information content (AvgIpc) is 2.68. The van der Waals surface area contributed by atoms with E-state index in [9.17, 15) is 24.7 Å². The van der Waals surface area contributed by atoms with Gasteiger partial charge in [0.1, 0.15) is 11.3 Å². The van der Waals surface area contributed by atoms with Gasteiger partial charge in [-0.25, -0.2) is 4.79 Å². The molecule has 0 fully saturated rings. The van der Waals surface area contributed by atoms with Crippen molar-refractivity contribution in [2.45, 2.75) is 12.4 Å². The minimum atomic E-state index is -1.91. The van der Waals surface area contributed by atoms with Crippen LogP contribution in [-0.2, 0) is 6.42 Å². The molecule has 28 heavy (non-hydrogen) atoms. The van der Waals surface area contributed by atoms with Crippen molar-refractivity contribution in [1.29, 1.82) is 0 Å². The first-order valence-electron chi connectivity index (χ1n) is 8.57. The molecule has 0 saturated heterocycles. The molecule has 3 aromatic carbocycles. The molecule has 0 aliphatic heterocycles. The molecule has 0 aliphatic carbocycles. The number of aromatic carboxylic acids is 1. The molecule has 0 radical (unpaired) electrons. The van der Waals surface area contributed by atoms with Gasteiger partial charge in [-0.2, -0.15) is 0 Å². The predicted octanol–water partition coefficient (Wildman–Crippen LogP) is 1.60. The molecule has 0 spiro atoms. The molecule has 5 N–H and O–H groups in total. The normalized spacial score (nSPS) is 11.8. The van der Waals surface area contributed by atoms with Crippen LogP contribution in [0.3, 0.4) is 0 Å². The first-order chi connectivity index (χ1) is 13.4. The van der Waals surface area contributed by atoms with Crippen molar-refractivity contribution in [2.24, 2.45) is 0 Å². The third-order valence-corrected chi connectivity index (χ3v) is 4.50. The third-order valence-electron chi connectivity index (χ3n) is 4.50. The lowest BCUT2D eigenvalue weighted by Crippen LogP contribution is -2.48. The number of rotatable bonds is 6. The molecule has 1 amide bonds. The number of hydrogen-bond acceptors (Lipinski definition) is 5. The Labute approximate surface area is 161 Å². The molecule has 7 nitrogen and oxygen atoms in total. The highest BCUT2D eigenvalue weighted by Gasteiger charge is 2.28. The average molecular weight is 379 g/mol. The number of benzene rings is 3. The quantitative estimate of drug-likeness (QED) is 0.414. The molecule has 0 bridgehead atoms. The number of carbonyl (C=O) groups is 2. The van der Waals surface area contributed by atoms with E-state index in [4.69, 9.17) is 5.11 Å². The number of aromatic hydroxyl groups is 1. The molecular weight excluding hydrogens is 361 g/mol. The second kappa shape index (κ2) is 8.12. The van der Waals surface area contributed by atoms with Crippen molar-refractivity contribution in [2.75, 3.05) is 0 Å². The van der Waals surface area contributed by atoms with Gasteiger partial charge in [-0.15, -0.1) is 0 Å². The zero-order valence-corrected chi connectivity index (χ0v) is 14.7. The largest absolute Gasteiger partial charge is 0.507 e. The highest BCUT2D eigenvalue weighted by atomic mass is 16.4. The van der Waals surface area contributed by atoms with E-state index in [0.717, 1.165) is 5.39 Å². The van der Waals surface area contributed by atoms with Crippen LogP contribution < -0.4 is 5.32 Å². The van der Waals surface area contributed by atoms with Gasteiger partial charge in [0.15, 0.2) is 0 Å². The van der Waals surface area contributed by atoms with E-state index in [1.165, 1.54) is 18.2 Å². The second-order valence-electron chi connectivity index (χ2n) is 6.34. The van der Waals surface area contributed by atoms with E-state index >= 15 is 0 Å². The van der Waals surface area contributed by atoms with Gasteiger partial charge in [0.2, 0.25) is 0 Å². The van der Waals surface area contributed by atoms with Crippen LogP contribution in [0, 0.1) is 0 Å². The van der Waals surface area contributed by atoms with Crippen molar-refractivity contribution in [1.82, 2.24) is 5.32 Å². The van der Waals surface area contributed by atoms with Gasteiger partial charge < -0.3 is 25.6 Å². The number of nitrogens with one attached hydrogen (secondary N) is 1. The van der Waals surface area contributed by atoms with Gasteiger partial charge in [0, 0.05) is 5.56 Å². The van der Waals surface area contributed by atoms with Gasteiger partial charge in [-0.1, -0.05) is 48.5 Å². The number of carbonyl (C=O) groups excluding carboxylic acids is 1. The summed E-state index contributed by atoms with van der Waals surface area (Å²) in [6.07, 6.45) is -0.166. The van der Waals surface area contributed by atoms with Gasteiger partial charge >= 0.3 is 13.1 Å². The molecule has 0 aromatic heterocycles. The number of hydrogen-bond donors (Lipinski definition) is 5. The maximum atomic E-state index is 12.7. The molecule has 1 unspecified atom stereocenters. The fourth-order valence-corrected chi connectivity index (χ4v) is 3.07. The summed E-state index contributed by atoms with van der Waals surface area (Å²) in [5.74, 6) is -3.44. The summed E-state index contributed by atoms with van der Waals surface area (Å²) in [7, 11) is -1.91. The van der Waals surface area contributed by atoms with E-state index in [1.807, 2.05) is 18.2 Å². The number of amides is 1. The van der Waals surface area contributed by atoms with Crippen molar-refractivity contribution >= 4 is 29.8 Å². The molecule has 1 atom stereocenters. The predicted molar refractivity (Wildman–Crippen MR) is 104 cm³/mol. The van der Waals surface area contributed by atoms with Crippen molar-refractivity contribution in [3.05, 3.63) is 77.4 Å². The van der Waals surface area contributed by atoms with Crippen LogP contribution in [-0.4, -0.2) is 45.2 Å². The number of phenols is 1. The number of carboxylic acid groups (broad SMARTS) is 1. The molecule has 0 heterocycles. The summed E-state index contributed by atoms with van der Waals surface area (Å²) < 4.78 is 0. The van der Waals surface area contributed by atoms with Gasteiger partial charge in [-0.05, 0) is 34.9 Å². The molecule has 3 rings (SSSR count). The molecule has 0 saturated carbocycles. The summed E-state index contributed by atoms with van der Waals surface area (Å²) >= 11 is 0. The first kappa shape index (κ1) is 19.4. The van der Waals surface area contributed by atoms with Gasteiger partial charge in [0.25, 0.3) is 5.91 Å². The number of carboxylic acids is 1. The fraction of sp³-hybridized carbons (Fsp3) is 0.100. The Kier molecular flexibility index (Phi) is 5.63. The van der Waals surface area contributed by atoms with Crippen LogP contribution in [0.2, 0.25) is 0 Å².